The van der Waals surface area contributed by atoms with Gasteiger partial charge < -0.3 is 20.9 Å². The zero-order valence-corrected chi connectivity index (χ0v) is 13.3. The summed E-state index contributed by atoms with van der Waals surface area (Å²) in [7, 11) is 5.31. The summed E-state index contributed by atoms with van der Waals surface area (Å²) in [4.78, 5) is 29.4. The summed E-state index contributed by atoms with van der Waals surface area (Å²) in [6.45, 7) is 0. The number of hydrogen-bond donors (Lipinski definition) is 3. The van der Waals surface area contributed by atoms with E-state index in [-0.39, 0.29) is 11.9 Å². The van der Waals surface area contributed by atoms with Gasteiger partial charge in [-0.15, -0.1) is 0 Å². The van der Waals surface area contributed by atoms with Crippen LogP contribution >= 0.6 is 0 Å². The second-order valence-corrected chi connectivity index (χ2v) is 5.04. The minimum atomic E-state index is -0.297. The van der Waals surface area contributed by atoms with Crippen LogP contribution in [0.2, 0.25) is 0 Å². The molecule has 0 spiro atoms. The van der Waals surface area contributed by atoms with Crippen LogP contribution in [0.5, 0.6) is 0 Å². The first kappa shape index (κ1) is 16.3. The van der Waals surface area contributed by atoms with Crippen LogP contribution in [0, 0.1) is 0 Å². The number of benzene rings is 1. The molecule has 1 aromatic carbocycles. The third kappa shape index (κ3) is 4.44. The van der Waals surface area contributed by atoms with Crippen LogP contribution in [0.25, 0.3) is 0 Å². The molecule has 2 rings (SSSR count). The van der Waals surface area contributed by atoms with Gasteiger partial charge in [0.25, 0.3) is 5.91 Å². The maximum absolute atomic E-state index is 12.2. The highest BCUT2D eigenvalue weighted by Crippen LogP contribution is 2.15. The van der Waals surface area contributed by atoms with Gasteiger partial charge in [-0.25, -0.2) is 9.78 Å². The Morgan fingerprint density at radius 2 is 1.57 bits per heavy atom. The van der Waals surface area contributed by atoms with Crippen molar-refractivity contribution in [3.05, 3.63) is 48.2 Å². The van der Waals surface area contributed by atoms with Gasteiger partial charge >= 0.3 is 6.03 Å². The normalized spacial score (nSPS) is 9.87. The lowest BCUT2D eigenvalue weighted by Gasteiger charge is -2.11. The molecule has 0 saturated carbocycles. The van der Waals surface area contributed by atoms with E-state index in [0.717, 1.165) is 5.82 Å². The van der Waals surface area contributed by atoms with Gasteiger partial charge in [-0.3, -0.25) is 4.79 Å². The van der Waals surface area contributed by atoms with Crippen LogP contribution in [0.1, 0.15) is 10.4 Å². The molecule has 0 radical (unpaired) electrons. The number of nitrogens with one attached hydrogen (secondary N) is 3. The molecule has 1 heterocycles. The van der Waals surface area contributed by atoms with Crippen molar-refractivity contribution in [3.8, 4) is 0 Å². The predicted molar refractivity (Wildman–Crippen MR) is 91.0 cm³/mol. The van der Waals surface area contributed by atoms with Crippen molar-refractivity contribution in [1.29, 1.82) is 0 Å². The fourth-order valence-electron chi connectivity index (χ4n) is 1.82. The fraction of sp³-hybridized carbons (Fsp3) is 0.188. The van der Waals surface area contributed by atoms with Crippen molar-refractivity contribution in [2.75, 3.05) is 36.7 Å². The summed E-state index contributed by atoms with van der Waals surface area (Å²) in [5.74, 6) is 0.543. The molecule has 23 heavy (non-hydrogen) atoms. The minimum Gasteiger partial charge on any atom is -0.363 e. The van der Waals surface area contributed by atoms with Crippen LogP contribution < -0.4 is 20.9 Å². The lowest BCUT2D eigenvalue weighted by molar-refractivity contribution is 0.102. The minimum absolute atomic E-state index is 0.241. The Labute approximate surface area is 134 Å². The van der Waals surface area contributed by atoms with E-state index < -0.39 is 0 Å². The average Bonchev–Trinajstić information content (AvgIpc) is 2.56. The topological polar surface area (TPSA) is 86.4 Å². The summed E-state index contributed by atoms with van der Waals surface area (Å²) < 4.78 is 0. The highest BCUT2D eigenvalue weighted by Gasteiger charge is 2.07. The molecule has 0 aliphatic carbocycles. The molecule has 0 aliphatic heterocycles. The highest BCUT2D eigenvalue weighted by atomic mass is 16.2. The van der Waals surface area contributed by atoms with Crippen LogP contribution in [0.15, 0.2) is 42.6 Å². The Morgan fingerprint density at radius 1 is 0.957 bits per heavy atom. The van der Waals surface area contributed by atoms with Crippen LogP contribution in [0.3, 0.4) is 0 Å². The van der Waals surface area contributed by atoms with Gasteiger partial charge in [-0.05, 0) is 36.4 Å². The van der Waals surface area contributed by atoms with Gasteiger partial charge in [0.2, 0.25) is 0 Å². The molecular weight excluding hydrogens is 294 g/mol. The van der Waals surface area contributed by atoms with Crippen LogP contribution in [0.4, 0.5) is 22.0 Å². The van der Waals surface area contributed by atoms with Crippen molar-refractivity contribution in [2.45, 2.75) is 0 Å². The number of anilines is 3. The number of carbonyl (C=O) groups is 2. The fourth-order valence-corrected chi connectivity index (χ4v) is 1.82. The summed E-state index contributed by atoms with van der Waals surface area (Å²) in [6, 6.07) is 10.0. The van der Waals surface area contributed by atoms with Crippen molar-refractivity contribution in [3.63, 3.8) is 0 Å². The van der Waals surface area contributed by atoms with E-state index in [1.807, 2.05) is 19.0 Å². The third-order valence-electron chi connectivity index (χ3n) is 3.10. The summed E-state index contributed by atoms with van der Waals surface area (Å²) in [5, 5.41) is 7.89. The second-order valence-electron chi connectivity index (χ2n) is 5.04. The Bertz CT molecular complexity index is 681. The van der Waals surface area contributed by atoms with Crippen molar-refractivity contribution >= 4 is 29.1 Å². The Morgan fingerprint density at radius 3 is 2.04 bits per heavy atom. The van der Waals surface area contributed by atoms with E-state index in [1.54, 1.807) is 43.4 Å². The smallest absolute Gasteiger partial charge is 0.318 e. The average molecular weight is 313 g/mol. The maximum atomic E-state index is 12.2. The molecule has 3 N–H and O–H groups in total. The number of amides is 3. The van der Waals surface area contributed by atoms with Gasteiger partial charge in [0.15, 0.2) is 0 Å². The lowest BCUT2D eigenvalue weighted by atomic mass is 10.2. The molecule has 0 bridgehead atoms. The van der Waals surface area contributed by atoms with E-state index in [2.05, 4.69) is 20.9 Å². The monoisotopic (exact) mass is 313 g/mol. The molecule has 0 saturated heterocycles. The molecule has 2 aromatic rings. The zero-order chi connectivity index (χ0) is 16.8. The van der Waals surface area contributed by atoms with Crippen LogP contribution in [-0.4, -0.2) is 38.1 Å². The summed E-state index contributed by atoms with van der Waals surface area (Å²) in [6.07, 6.45) is 1.53. The Balaban J connectivity index is 2.01. The van der Waals surface area contributed by atoms with Gasteiger partial charge in [0, 0.05) is 38.7 Å². The van der Waals surface area contributed by atoms with E-state index in [0.29, 0.717) is 16.9 Å². The summed E-state index contributed by atoms with van der Waals surface area (Å²) in [5.41, 5.74) is 1.75. The van der Waals surface area contributed by atoms with Crippen molar-refractivity contribution in [1.82, 2.24) is 10.3 Å². The van der Waals surface area contributed by atoms with E-state index in [9.17, 15) is 9.59 Å². The molecular formula is C16H19N5O2. The highest BCUT2D eigenvalue weighted by molar-refractivity contribution is 6.04. The molecule has 0 fully saturated rings. The first-order valence-electron chi connectivity index (χ1n) is 7.03. The van der Waals surface area contributed by atoms with Crippen molar-refractivity contribution < 1.29 is 9.59 Å². The second kappa shape index (κ2) is 7.26. The van der Waals surface area contributed by atoms with Gasteiger partial charge in [0.1, 0.15) is 5.82 Å². The number of rotatable bonds is 4. The molecule has 120 valence electrons. The molecule has 3 amide bonds. The third-order valence-corrected chi connectivity index (χ3v) is 3.10. The van der Waals surface area contributed by atoms with Gasteiger partial charge in [0.05, 0.1) is 5.56 Å². The standard InChI is InChI=1S/C16H19N5O2/c1-17-16(23)20-13-7-5-12(6-8-13)19-15(22)11-4-9-14(18-10-11)21(2)3/h4-10H,1-3H3,(H,19,22)(H2,17,20,23). The number of nitrogens with zero attached hydrogens (tertiary/aromatic N) is 2. The molecule has 0 aliphatic rings. The van der Waals surface area contributed by atoms with E-state index >= 15 is 0 Å². The number of aromatic nitrogens is 1. The molecule has 0 atom stereocenters. The molecule has 7 nitrogen and oxygen atoms in total. The van der Waals surface area contributed by atoms with Crippen molar-refractivity contribution in [2.24, 2.45) is 0 Å². The van der Waals surface area contributed by atoms with Crippen LogP contribution in [-0.2, 0) is 0 Å². The quantitative estimate of drug-likeness (QED) is 0.807. The first-order chi connectivity index (χ1) is 11.0. The molecule has 7 heteroatoms. The zero-order valence-electron chi connectivity index (χ0n) is 13.3. The largest absolute Gasteiger partial charge is 0.363 e. The number of hydrogen-bond acceptors (Lipinski definition) is 4. The lowest BCUT2D eigenvalue weighted by Crippen LogP contribution is -2.24. The van der Waals surface area contributed by atoms with Gasteiger partial charge in [-0.1, -0.05) is 0 Å². The van der Waals surface area contributed by atoms with E-state index in [4.69, 9.17) is 0 Å². The molecule has 1 aromatic heterocycles. The number of carbonyl (C=O) groups excluding carboxylic acids is 2. The summed E-state index contributed by atoms with van der Waals surface area (Å²) >= 11 is 0. The van der Waals surface area contributed by atoms with Gasteiger partial charge in [-0.2, -0.15) is 0 Å². The number of pyridine rings is 1. The number of urea groups is 1. The SMILES string of the molecule is CNC(=O)Nc1ccc(NC(=O)c2ccc(N(C)C)nc2)cc1. The van der Waals surface area contributed by atoms with E-state index in [1.165, 1.54) is 6.20 Å². The molecule has 0 unspecified atom stereocenters. The first-order valence-corrected chi connectivity index (χ1v) is 7.03. The maximum Gasteiger partial charge on any atom is 0.318 e. The Kier molecular flexibility index (Phi) is 5.14. The Hall–Kier alpha value is -3.09. The predicted octanol–water partition coefficient (Wildman–Crippen LogP) is 2.15.